The fourth-order valence-electron chi connectivity index (χ4n) is 3.41. The minimum Gasteiger partial charge on any atom is -0.360 e. The van der Waals surface area contributed by atoms with E-state index in [9.17, 15) is 9.59 Å². The Morgan fingerprint density at radius 2 is 2.06 bits per heavy atom. The molecule has 0 aliphatic heterocycles. The van der Waals surface area contributed by atoms with Gasteiger partial charge in [-0.2, -0.15) is 0 Å². The van der Waals surface area contributed by atoms with Gasteiger partial charge in [-0.15, -0.1) is 10.2 Å². The molecule has 3 aromatic heterocycles. The molecular formula is C21H24N6O3S. The van der Waals surface area contributed by atoms with E-state index >= 15 is 0 Å². The highest BCUT2D eigenvalue weighted by molar-refractivity contribution is 7.99. The van der Waals surface area contributed by atoms with Crippen LogP contribution in [-0.4, -0.2) is 36.0 Å². The molecule has 10 heteroatoms. The molecule has 3 heterocycles. The first kappa shape index (κ1) is 21.1. The molecule has 0 spiro atoms. The number of rotatable bonds is 9. The van der Waals surface area contributed by atoms with Crippen LogP contribution in [0.5, 0.6) is 0 Å². The van der Waals surface area contributed by atoms with Crippen molar-refractivity contribution >= 4 is 40.2 Å². The van der Waals surface area contributed by atoms with Crippen molar-refractivity contribution in [1.82, 2.24) is 24.3 Å². The molecular weight excluding hydrogens is 416 g/mol. The SMILES string of the molecule is CCCCCn1c(=O)c2ccccc2n2c(SCCC(=O)Nc3cc(C)on3)nnc12. The molecule has 4 rings (SSSR count). The summed E-state index contributed by atoms with van der Waals surface area (Å²) >= 11 is 1.43. The van der Waals surface area contributed by atoms with E-state index in [0.717, 1.165) is 24.8 Å². The van der Waals surface area contributed by atoms with E-state index in [1.54, 1.807) is 17.6 Å². The highest BCUT2D eigenvalue weighted by Crippen LogP contribution is 2.22. The number of nitrogens with one attached hydrogen (secondary N) is 1. The summed E-state index contributed by atoms with van der Waals surface area (Å²) in [5.41, 5.74) is 0.717. The van der Waals surface area contributed by atoms with Crippen molar-refractivity contribution < 1.29 is 9.32 Å². The topological polar surface area (TPSA) is 107 Å². The number of carbonyl (C=O) groups excluding carboxylic acids is 1. The number of amides is 1. The highest BCUT2D eigenvalue weighted by atomic mass is 32.2. The summed E-state index contributed by atoms with van der Waals surface area (Å²) in [4.78, 5) is 25.2. The lowest BCUT2D eigenvalue weighted by molar-refractivity contribution is -0.115. The maximum absolute atomic E-state index is 13.0. The van der Waals surface area contributed by atoms with Crippen LogP contribution in [0.2, 0.25) is 0 Å². The van der Waals surface area contributed by atoms with Gasteiger partial charge in [-0.25, -0.2) is 0 Å². The molecule has 0 saturated heterocycles. The normalized spacial score (nSPS) is 11.4. The van der Waals surface area contributed by atoms with Crippen molar-refractivity contribution in [2.75, 3.05) is 11.1 Å². The third kappa shape index (κ3) is 4.48. The summed E-state index contributed by atoms with van der Waals surface area (Å²) in [7, 11) is 0. The predicted molar refractivity (Wildman–Crippen MR) is 119 cm³/mol. The third-order valence-corrected chi connectivity index (χ3v) is 5.85. The van der Waals surface area contributed by atoms with E-state index in [0.29, 0.717) is 40.2 Å². The molecule has 0 bridgehead atoms. The summed E-state index contributed by atoms with van der Waals surface area (Å²) < 4.78 is 8.57. The number of hydrogen-bond donors (Lipinski definition) is 1. The summed E-state index contributed by atoms with van der Waals surface area (Å²) in [5.74, 6) is 1.92. The van der Waals surface area contributed by atoms with Gasteiger partial charge < -0.3 is 9.84 Å². The standard InChI is InChI=1S/C21H24N6O3S/c1-3-4-7-11-26-19(29)15-8-5-6-9-16(15)27-20(26)23-24-21(27)31-12-10-18(28)22-17-13-14(2)30-25-17/h5-6,8-9,13H,3-4,7,10-12H2,1-2H3,(H,22,25,28). The van der Waals surface area contributed by atoms with E-state index in [4.69, 9.17) is 4.52 Å². The average molecular weight is 441 g/mol. The van der Waals surface area contributed by atoms with Gasteiger partial charge in [-0.05, 0) is 25.5 Å². The van der Waals surface area contributed by atoms with Gasteiger partial charge in [0.2, 0.25) is 11.7 Å². The number of unbranched alkanes of at least 4 members (excludes halogenated alkanes) is 2. The van der Waals surface area contributed by atoms with Crippen molar-refractivity contribution in [2.24, 2.45) is 0 Å². The van der Waals surface area contributed by atoms with Crippen LogP contribution in [0, 0.1) is 6.92 Å². The van der Waals surface area contributed by atoms with E-state index in [1.165, 1.54) is 11.8 Å². The Labute approximate surface area is 182 Å². The third-order valence-electron chi connectivity index (χ3n) is 4.92. The molecule has 0 aliphatic carbocycles. The van der Waals surface area contributed by atoms with Gasteiger partial charge in [0.15, 0.2) is 11.0 Å². The number of aromatic nitrogens is 5. The van der Waals surface area contributed by atoms with Crippen molar-refractivity contribution in [2.45, 2.75) is 51.2 Å². The maximum Gasteiger partial charge on any atom is 0.262 e. The number of thioether (sulfide) groups is 1. The second-order valence-electron chi connectivity index (χ2n) is 7.27. The van der Waals surface area contributed by atoms with Crippen LogP contribution >= 0.6 is 11.8 Å². The number of carbonyl (C=O) groups is 1. The fourth-order valence-corrected chi connectivity index (χ4v) is 4.29. The molecule has 0 atom stereocenters. The average Bonchev–Trinajstić information content (AvgIpc) is 3.37. The number of para-hydroxylation sites is 1. The Bertz CT molecular complexity index is 1280. The molecule has 0 radical (unpaired) electrons. The minimum absolute atomic E-state index is 0.0505. The highest BCUT2D eigenvalue weighted by Gasteiger charge is 2.17. The number of anilines is 1. The van der Waals surface area contributed by atoms with Crippen molar-refractivity contribution in [3.8, 4) is 0 Å². The van der Waals surface area contributed by atoms with E-state index in [2.05, 4.69) is 27.6 Å². The molecule has 31 heavy (non-hydrogen) atoms. The summed E-state index contributed by atoms with van der Waals surface area (Å²) in [6.45, 7) is 4.49. The van der Waals surface area contributed by atoms with Crippen molar-refractivity contribution in [3.63, 3.8) is 0 Å². The van der Waals surface area contributed by atoms with Crippen LogP contribution < -0.4 is 10.9 Å². The number of aryl methyl sites for hydroxylation is 2. The Balaban J connectivity index is 1.57. The molecule has 0 aliphatic rings. The van der Waals surface area contributed by atoms with Crippen molar-refractivity contribution in [3.05, 3.63) is 46.4 Å². The lowest BCUT2D eigenvalue weighted by Crippen LogP contribution is -2.23. The smallest absolute Gasteiger partial charge is 0.262 e. The molecule has 0 saturated carbocycles. The van der Waals surface area contributed by atoms with Gasteiger partial charge in [0.05, 0.1) is 10.9 Å². The molecule has 1 N–H and O–H groups in total. The fraction of sp³-hybridized carbons (Fsp3) is 0.381. The molecule has 162 valence electrons. The lowest BCUT2D eigenvalue weighted by atomic mass is 10.2. The second kappa shape index (κ2) is 9.34. The Kier molecular flexibility index (Phi) is 6.36. The number of hydrogen-bond acceptors (Lipinski definition) is 7. The van der Waals surface area contributed by atoms with Gasteiger partial charge >= 0.3 is 0 Å². The maximum atomic E-state index is 13.0. The Morgan fingerprint density at radius 3 is 2.84 bits per heavy atom. The van der Waals surface area contributed by atoms with Crippen molar-refractivity contribution in [1.29, 1.82) is 0 Å². The molecule has 1 aromatic carbocycles. The minimum atomic E-state index is -0.157. The first-order valence-corrected chi connectivity index (χ1v) is 11.3. The van der Waals surface area contributed by atoms with Crippen LogP contribution in [0.1, 0.15) is 38.4 Å². The summed E-state index contributed by atoms with van der Waals surface area (Å²) in [6, 6.07) is 9.15. The van der Waals surface area contributed by atoms with E-state index in [-0.39, 0.29) is 17.9 Å². The Morgan fingerprint density at radius 1 is 1.23 bits per heavy atom. The monoisotopic (exact) mass is 440 g/mol. The van der Waals surface area contributed by atoms with Crippen LogP contribution in [0.4, 0.5) is 5.82 Å². The Hall–Kier alpha value is -3.14. The van der Waals surface area contributed by atoms with Gasteiger partial charge in [-0.3, -0.25) is 18.6 Å². The van der Waals surface area contributed by atoms with Crippen LogP contribution in [0.25, 0.3) is 16.7 Å². The zero-order valence-corrected chi connectivity index (χ0v) is 18.3. The first-order valence-electron chi connectivity index (χ1n) is 10.3. The van der Waals surface area contributed by atoms with Gasteiger partial charge in [0, 0.05) is 24.8 Å². The second-order valence-corrected chi connectivity index (χ2v) is 8.33. The van der Waals surface area contributed by atoms with Crippen LogP contribution in [0.15, 0.2) is 44.8 Å². The molecule has 1 amide bonds. The van der Waals surface area contributed by atoms with E-state index < -0.39 is 0 Å². The zero-order valence-electron chi connectivity index (χ0n) is 17.5. The lowest BCUT2D eigenvalue weighted by Gasteiger charge is -2.11. The predicted octanol–water partition coefficient (Wildman–Crippen LogP) is 3.65. The summed E-state index contributed by atoms with van der Waals surface area (Å²) in [6.07, 6.45) is 3.30. The number of benzene rings is 1. The molecule has 9 nitrogen and oxygen atoms in total. The molecule has 4 aromatic rings. The summed E-state index contributed by atoms with van der Waals surface area (Å²) in [5, 5.41) is 16.4. The molecule has 0 unspecified atom stereocenters. The van der Waals surface area contributed by atoms with Crippen LogP contribution in [-0.2, 0) is 11.3 Å². The number of nitrogens with zero attached hydrogens (tertiary/aromatic N) is 5. The number of fused-ring (bicyclic) bond motifs is 3. The van der Waals surface area contributed by atoms with Crippen LogP contribution in [0.3, 0.4) is 0 Å². The van der Waals surface area contributed by atoms with Gasteiger partial charge in [0.25, 0.3) is 5.56 Å². The zero-order chi connectivity index (χ0) is 21.8. The largest absolute Gasteiger partial charge is 0.360 e. The van der Waals surface area contributed by atoms with E-state index in [1.807, 2.05) is 28.7 Å². The molecule has 0 fully saturated rings. The first-order chi connectivity index (χ1) is 15.1. The van der Waals surface area contributed by atoms with Gasteiger partial charge in [-0.1, -0.05) is 48.8 Å². The quantitative estimate of drug-likeness (QED) is 0.313. The van der Waals surface area contributed by atoms with Gasteiger partial charge in [0.1, 0.15) is 5.76 Å².